The van der Waals surface area contributed by atoms with Crippen molar-refractivity contribution in [2.24, 2.45) is 0 Å². The maximum atomic E-state index is 13.2. The number of amides is 1. The monoisotopic (exact) mass is 497 g/mol. The maximum Gasteiger partial charge on any atom is 0.265 e. The number of benzene rings is 2. The van der Waals surface area contributed by atoms with E-state index in [9.17, 15) is 13.2 Å². The molecule has 9 heteroatoms. The van der Waals surface area contributed by atoms with Crippen LogP contribution < -0.4 is 10.2 Å². The molecule has 0 aliphatic carbocycles. The Labute approximate surface area is 184 Å². The molecule has 0 spiro atoms. The van der Waals surface area contributed by atoms with Gasteiger partial charge < -0.3 is 9.47 Å². The molecule has 2 aromatic carbocycles. The fraction of sp³-hybridized carbons (Fsp3) is 0.381. The Kier molecular flexibility index (Phi) is 7.51. The Morgan fingerprint density at radius 1 is 1.17 bits per heavy atom. The molecule has 0 atom stereocenters. The van der Waals surface area contributed by atoms with E-state index in [2.05, 4.69) is 28.1 Å². The molecule has 0 bridgehead atoms. The first-order valence-electron chi connectivity index (χ1n) is 9.63. The van der Waals surface area contributed by atoms with E-state index in [1.807, 2.05) is 12.1 Å². The number of hydroxylamine groups is 1. The van der Waals surface area contributed by atoms with E-state index in [0.29, 0.717) is 12.4 Å². The van der Waals surface area contributed by atoms with Crippen LogP contribution >= 0.6 is 15.9 Å². The largest absolute Gasteiger partial charge is 0.494 e. The number of ether oxygens (including phenoxy) is 2. The fourth-order valence-electron chi connectivity index (χ4n) is 3.52. The summed E-state index contributed by atoms with van der Waals surface area (Å²) in [6.45, 7) is 0.754. The van der Waals surface area contributed by atoms with Gasteiger partial charge in [-0.3, -0.25) is 10.0 Å². The van der Waals surface area contributed by atoms with Gasteiger partial charge >= 0.3 is 0 Å². The van der Waals surface area contributed by atoms with Gasteiger partial charge in [0, 0.05) is 17.7 Å². The molecule has 1 aliphatic rings. The lowest BCUT2D eigenvalue weighted by atomic mass is 9.98. The number of sulfone groups is 1. The normalized spacial score (nSPS) is 16.1. The average molecular weight is 498 g/mol. The zero-order valence-corrected chi connectivity index (χ0v) is 18.7. The second kappa shape index (κ2) is 9.91. The molecule has 0 aromatic heterocycles. The summed E-state index contributed by atoms with van der Waals surface area (Å²) >= 11 is 3.45. The van der Waals surface area contributed by atoms with E-state index < -0.39 is 20.5 Å². The molecule has 0 saturated carbocycles. The summed E-state index contributed by atoms with van der Waals surface area (Å²) in [6, 6.07) is 14.1. The number of hydrogen-bond acceptors (Lipinski definition) is 6. The summed E-state index contributed by atoms with van der Waals surface area (Å²) in [5, 5.41) is 9.10. The minimum atomic E-state index is -4.03. The molecule has 0 radical (unpaired) electrons. The minimum Gasteiger partial charge on any atom is -0.494 e. The van der Waals surface area contributed by atoms with Crippen molar-refractivity contribution in [1.82, 2.24) is 5.48 Å². The molecule has 162 valence electrons. The molecule has 7 nitrogen and oxygen atoms in total. The molecular formula is C21H24BrNO6S. The topological polar surface area (TPSA) is 102 Å². The predicted octanol–water partition coefficient (Wildman–Crippen LogP) is 3.29. The molecule has 0 unspecified atom stereocenters. The van der Waals surface area contributed by atoms with Crippen molar-refractivity contribution >= 4 is 31.7 Å². The first-order valence-corrected chi connectivity index (χ1v) is 11.9. The van der Waals surface area contributed by atoms with E-state index in [0.717, 1.165) is 17.3 Å². The Balaban J connectivity index is 1.64. The number of halogens is 1. The number of nitrogens with one attached hydrogen (secondary N) is 1. The van der Waals surface area contributed by atoms with Gasteiger partial charge in [-0.1, -0.05) is 28.1 Å². The zero-order chi connectivity index (χ0) is 21.6. The minimum absolute atomic E-state index is 0.00878. The Bertz CT molecular complexity index is 971. The first-order chi connectivity index (χ1) is 14.4. The first kappa shape index (κ1) is 22.7. The molecule has 1 aliphatic heterocycles. The van der Waals surface area contributed by atoms with Gasteiger partial charge in [-0.25, -0.2) is 13.9 Å². The number of aryl methyl sites for hydroxylation is 1. The SMILES string of the molecule is O=C(NO)C1(S(=O)(=O)c2ccc(OCCCc3cccc(Br)c3)cc2)CCOCC1. The third-order valence-electron chi connectivity index (χ3n) is 5.23. The third kappa shape index (κ3) is 4.85. The molecule has 1 heterocycles. The van der Waals surface area contributed by atoms with Crippen LogP contribution in [0.1, 0.15) is 24.8 Å². The van der Waals surface area contributed by atoms with Crippen molar-refractivity contribution in [3.8, 4) is 5.75 Å². The summed E-state index contributed by atoms with van der Waals surface area (Å²) in [7, 11) is -4.03. The van der Waals surface area contributed by atoms with Crippen LogP contribution in [-0.2, 0) is 25.8 Å². The summed E-state index contributed by atoms with van der Waals surface area (Å²) < 4.78 is 36.6. The van der Waals surface area contributed by atoms with Crippen molar-refractivity contribution in [1.29, 1.82) is 0 Å². The highest BCUT2D eigenvalue weighted by atomic mass is 79.9. The Morgan fingerprint density at radius 2 is 1.87 bits per heavy atom. The van der Waals surface area contributed by atoms with Gasteiger partial charge in [0.05, 0.1) is 11.5 Å². The highest BCUT2D eigenvalue weighted by Gasteiger charge is 2.52. The molecule has 3 rings (SSSR count). The number of carbonyl (C=O) groups excluding carboxylic acids is 1. The molecule has 2 N–H and O–H groups in total. The number of rotatable bonds is 8. The maximum absolute atomic E-state index is 13.2. The van der Waals surface area contributed by atoms with Crippen molar-refractivity contribution in [3.63, 3.8) is 0 Å². The molecule has 1 amide bonds. The third-order valence-corrected chi connectivity index (χ3v) is 8.24. The molecule has 1 saturated heterocycles. The summed E-state index contributed by atoms with van der Waals surface area (Å²) in [6.07, 6.45) is 1.65. The van der Waals surface area contributed by atoms with Gasteiger partial charge in [0.2, 0.25) is 0 Å². The van der Waals surface area contributed by atoms with Crippen LogP contribution in [-0.4, -0.2) is 44.1 Å². The van der Waals surface area contributed by atoms with E-state index in [1.165, 1.54) is 23.2 Å². The van der Waals surface area contributed by atoms with E-state index in [4.69, 9.17) is 14.7 Å². The van der Waals surface area contributed by atoms with Crippen molar-refractivity contribution < 1.29 is 27.9 Å². The summed E-state index contributed by atoms with van der Waals surface area (Å²) in [4.78, 5) is 12.3. The standard InChI is InChI=1S/C21H24BrNO6S/c22-17-5-1-3-16(15-17)4-2-12-29-18-6-8-19(9-7-18)30(26,27)21(20(24)23-25)10-13-28-14-11-21/h1,3,5-9,15,25H,2,4,10-14H2,(H,23,24). The van der Waals surface area contributed by atoms with E-state index in [-0.39, 0.29) is 31.0 Å². The zero-order valence-electron chi connectivity index (χ0n) is 16.3. The van der Waals surface area contributed by atoms with Crippen molar-refractivity contribution in [2.45, 2.75) is 35.3 Å². The highest BCUT2D eigenvalue weighted by molar-refractivity contribution is 9.10. The quantitative estimate of drug-likeness (QED) is 0.329. The average Bonchev–Trinajstić information content (AvgIpc) is 2.77. The number of hydrogen-bond donors (Lipinski definition) is 2. The molecular weight excluding hydrogens is 474 g/mol. The van der Waals surface area contributed by atoms with Gasteiger partial charge in [-0.2, -0.15) is 0 Å². The van der Waals surface area contributed by atoms with Gasteiger partial charge in [0.15, 0.2) is 14.6 Å². The van der Waals surface area contributed by atoms with Crippen LogP contribution in [0.15, 0.2) is 57.9 Å². The molecule has 2 aromatic rings. The van der Waals surface area contributed by atoms with Gasteiger partial charge in [0.25, 0.3) is 5.91 Å². The molecule has 1 fully saturated rings. The Morgan fingerprint density at radius 3 is 2.50 bits per heavy atom. The van der Waals surface area contributed by atoms with Crippen LogP contribution in [0.25, 0.3) is 0 Å². The van der Waals surface area contributed by atoms with Crippen LogP contribution in [0.5, 0.6) is 5.75 Å². The van der Waals surface area contributed by atoms with Gasteiger partial charge in [-0.05, 0) is 67.6 Å². The smallest absolute Gasteiger partial charge is 0.265 e. The lowest BCUT2D eigenvalue weighted by molar-refractivity contribution is -0.134. The van der Waals surface area contributed by atoms with Crippen LogP contribution in [0.2, 0.25) is 0 Å². The second-order valence-electron chi connectivity index (χ2n) is 7.10. The van der Waals surface area contributed by atoms with Crippen molar-refractivity contribution in [3.05, 3.63) is 58.6 Å². The Hall–Kier alpha value is -1.94. The number of carbonyl (C=O) groups is 1. The lowest BCUT2D eigenvalue weighted by Gasteiger charge is -2.34. The highest BCUT2D eigenvalue weighted by Crippen LogP contribution is 2.35. The summed E-state index contributed by atoms with van der Waals surface area (Å²) in [5.74, 6) is -0.380. The predicted molar refractivity (Wildman–Crippen MR) is 114 cm³/mol. The van der Waals surface area contributed by atoms with Crippen LogP contribution in [0.3, 0.4) is 0 Å². The van der Waals surface area contributed by atoms with Crippen LogP contribution in [0.4, 0.5) is 0 Å². The van der Waals surface area contributed by atoms with E-state index >= 15 is 0 Å². The molecule has 30 heavy (non-hydrogen) atoms. The van der Waals surface area contributed by atoms with E-state index in [1.54, 1.807) is 12.1 Å². The fourth-order valence-corrected chi connectivity index (χ4v) is 5.91. The lowest BCUT2D eigenvalue weighted by Crippen LogP contribution is -2.54. The second-order valence-corrected chi connectivity index (χ2v) is 10.3. The summed E-state index contributed by atoms with van der Waals surface area (Å²) in [5.41, 5.74) is 2.72. The van der Waals surface area contributed by atoms with Crippen LogP contribution in [0, 0.1) is 0 Å². The van der Waals surface area contributed by atoms with Crippen molar-refractivity contribution in [2.75, 3.05) is 19.8 Å². The van der Waals surface area contributed by atoms with Gasteiger partial charge in [0.1, 0.15) is 5.75 Å². The van der Waals surface area contributed by atoms with Gasteiger partial charge in [-0.15, -0.1) is 0 Å².